The Balaban J connectivity index is 2.04. The largest absolute Gasteiger partial charge is 0.325 e. The Morgan fingerprint density at radius 3 is 2.50 bits per heavy atom. The van der Waals surface area contributed by atoms with Gasteiger partial charge in [-0.2, -0.15) is 0 Å². The maximum absolute atomic E-state index is 13.3. The van der Waals surface area contributed by atoms with Crippen molar-refractivity contribution in [1.29, 1.82) is 0 Å². The number of nitrogens with one attached hydrogen (secondary N) is 1. The molecule has 5 heteroatoms. The van der Waals surface area contributed by atoms with Gasteiger partial charge in [-0.15, -0.1) is 0 Å². The Labute approximate surface area is 108 Å². The van der Waals surface area contributed by atoms with E-state index in [1.807, 2.05) is 0 Å². The van der Waals surface area contributed by atoms with Gasteiger partial charge in [0.15, 0.2) is 0 Å². The van der Waals surface area contributed by atoms with Gasteiger partial charge in [0.25, 0.3) is 0 Å². The fraction of sp³-hybridized carbons (Fsp3) is 0.462. The summed E-state index contributed by atoms with van der Waals surface area (Å²) < 4.78 is 26.5. The third kappa shape index (κ3) is 1.62. The van der Waals surface area contributed by atoms with E-state index >= 15 is 0 Å². The lowest BCUT2D eigenvalue weighted by Crippen LogP contribution is -2.41. The van der Waals surface area contributed by atoms with Gasteiger partial charge in [-0.05, 0) is 36.6 Å². The van der Waals surface area contributed by atoms with Gasteiger partial charge < -0.3 is 5.32 Å². The van der Waals surface area contributed by atoms with Gasteiger partial charge in [0.05, 0.1) is 5.41 Å². The molecule has 1 spiro atoms. The minimum absolute atomic E-state index is 0.171. The lowest BCUT2D eigenvalue weighted by atomic mass is 9.69. The Kier molecular flexibility index (Phi) is 2.43. The molecular formula is C13H12ClF2NO. The van der Waals surface area contributed by atoms with Crippen LogP contribution in [0, 0.1) is 0 Å². The van der Waals surface area contributed by atoms with Gasteiger partial charge in [-0.3, -0.25) is 4.79 Å². The zero-order chi connectivity index (χ0) is 13.0. The zero-order valence-corrected chi connectivity index (χ0v) is 10.4. The van der Waals surface area contributed by atoms with Crippen LogP contribution in [0.2, 0.25) is 5.02 Å². The third-order valence-corrected chi connectivity index (χ3v) is 4.25. The highest BCUT2D eigenvalue weighted by atomic mass is 35.5. The number of fused-ring (bicyclic) bond motifs is 2. The first kappa shape index (κ1) is 11.9. The van der Waals surface area contributed by atoms with Crippen molar-refractivity contribution in [2.24, 2.45) is 0 Å². The maximum atomic E-state index is 13.3. The lowest BCUT2D eigenvalue weighted by molar-refractivity contribution is -0.125. The second-order valence-corrected chi connectivity index (χ2v) is 5.52. The van der Waals surface area contributed by atoms with Gasteiger partial charge in [0.1, 0.15) is 0 Å². The van der Waals surface area contributed by atoms with Crippen LogP contribution in [0.3, 0.4) is 0 Å². The summed E-state index contributed by atoms with van der Waals surface area (Å²) in [5, 5.41) is 3.30. The van der Waals surface area contributed by atoms with E-state index < -0.39 is 11.3 Å². The predicted molar refractivity (Wildman–Crippen MR) is 65.2 cm³/mol. The van der Waals surface area contributed by atoms with Crippen molar-refractivity contribution in [2.75, 3.05) is 5.32 Å². The molecular weight excluding hydrogens is 260 g/mol. The van der Waals surface area contributed by atoms with Crippen LogP contribution in [-0.2, 0) is 10.2 Å². The molecule has 96 valence electrons. The average Bonchev–Trinajstić information content (AvgIpc) is 2.57. The van der Waals surface area contributed by atoms with E-state index in [1.165, 1.54) is 0 Å². The minimum Gasteiger partial charge on any atom is -0.325 e. The Hall–Kier alpha value is -1.16. The molecule has 0 aromatic heterocycles. The van der Waals surface area contributed by atoms with E-state index in [2.05, 4.69) is 5.32 Å². The smallest absolute Gasteiger partial charge is 0.248 e. The highest BCUT2D eigenvalue weighted by molar-refractivity contribution is 6.31. The minimum atomic E-state index is -2.65. The molecule has 1 heterocycles. The standard InChI is InChI=1S/C13H12ClF2NO/c14-8-1-2-10-9(7-8)12(11(18)17-10)3-5-13(15,16)6-4-12/h1-2,7H,3-6H2,(H,17,18). The van der Waals surface area contributed by atoms with E-state index in [0.29, 0.717) is 10.7 Å². The van der Waals surface area contributed by atoms with Crippen molar-refractivity contribution in [2.45, 2.75) is 37.0 Å². The Morgan fingerprint density at radius 1 is 1.17 bits per heavy atom. The molecule has 1 aromatic rings. The van der Waals surface area contributed by atoms with E-state index in [1.54, 1.807) is 18.2 Å². The second-order valence-electron chi connectivity index (χ2n) is 5.08. The molecule has 1 aromatic carbocycles. The quantitative estimate of drug-likeness (QED) is 0.765. The number of halogens is 3. The number of anilines is 1. The van der Waals surface area contributed by atoms with Crippen LogP contribution in [0.15, 0.2) is 18.2 Å². The molecule has 1 aliphatic carbocycles. The second kappa shape index (κ2) is 3.67. The molecule has 1 aliphatic heterocycles. The van der Waals surface area contributed by atoms with E-state index in [4.69, 9.17) is 11.6 Å². The maximum Gasteiger partial charge on any atom is 0.248 e. The van der Waals surface area contributed by atoms with E-state index in [9.17, 15) is 13.6 Å². The summed E-state index contributed by atoms with van der Waals surface area (Å²) >= 11 is 5.94. The molecule has 0 atom stereocenters. The first-order chi connectivity index (χ1) is 8.43. The fourth-order valence-electron chi connectivity index (χ4n) is 2.92. The lowest BCUT2D eigenvalue weighted by Gasteiger charge is -2.35. The summed E-state index contributed by atoms with van der Waals surface area (Å²) in [4.78, 5) is 12.1. The highest BCUT2D eigenvalue weighted by Gasteiger charge is 2.52. The average molecular weight is 272 g/mol. The zero-order valence-electron chi connectivity index (χ0n) is 9.60. The monoisotopic (exact) mass is 271 g/mol. The number of hydrogen-bond acceptors (Lipinski definition) is 1. The van der Waals surface area contributed by atoms with Gasteiger partial charge in [-0.25, -0.2) is 8.78 Å². The molecule has 1 N–H and O–H groups in total. The van der Waals surface area contributed by atoms with Gasteiger partial charge in [-0.1, -0.05) is 11.6 Å². The molecule has 2 aliphatic rings. The summed E-state index contributed by atoms with van der Waals surface area (Å²) in [5.41, 5.74) is 0.673. The molecule has 1 saturated carbocycles. The van der Waals surface area contributed by atoms with E-state index in [-0.39, 0.29) is 31.6 Å². The Morgan fingerprint density at radius 2 is 1.83 bits per heavy atom. The molecule has 0 radical (unpaired) electrons. The van der Waals surface area contributed by atoms with Gasteiger partial charge in [0, 0.05) is 23.6 Å². The molecule has 18 heavy (non-hydrogen) atoms. The van der Waals surface area contributed by atoms with Crippen molar-refractivity contribution in [3.63, 3.8) is 0 Å². The van der Waals surface area contributed by atoms with Crippen LogP contribution < -0.4 is 5.32 Å². The fourth-order valence-corrected chi connectivity index (χ4v) is 3.10. The number of hydrogen-bond donors (Lipinski definition) is 1. The summed E-state index contributed by atoms with van der Waals surface area (Å²) in [6.45, 7) is 0. The normalized spacial score (nSPS) is 23.8. The molecule has 3 rings (SSSR count). The van der Waals surface area contributed by atoms with Crippen LogP contribution >= 0.6 is 11.6 Å². The number of carbonyl (C=O) groups is 1. The Bertz CT molecular complexity index is 520. The van der Waals surface area contributed by atoms with Crippen molar-refractivity contribution in [3.8, 4) is 0 Å². The van der Waals surface area contributed by atoms with Crippen LogP contribution in [0.1, 0.15) is 31.2 Å². The van der Waals surface area contributed by atoms with Gasteiger partial charge >= 0.3 is 0 Å². The highest BCUT2D eigenvalue weighted by Crippen LogP contribution is 2.51. The summed E-state index contributed by atoms with van der Waals surface area (Å²) in [5.74, 6) is -2.82. The van der Waals surface area contributed by atoms with Crippen LogP contribution in [0.25, 0.3) is 0 Å². The SMILES string of the molecule is O=C1Nc2ccc(Cl)cc2C12CCC(F)(F)CC2. The summed E-state index contributed by atoms with van der Waals surface area (Å²) in [6, 6.07) is 5.15. The number of carbonyl (C=O) groups excluding carboxylic acids is 1. The molecule has 0 bridgehead atoms. The first-order valence-electron chi connectivity index (χ1n) is 5.92. The number of alkyl halides is 2. The van der Waals surface area contributed by atoms with Gasteiger partial charge in [0.2, 0.25) is 11.8 Å². The molecule has 1 fully saturated rings. The molecule has 1 amide bonds. The van der Waals surface area contributed by atoms with Crippen LogP contribution in [0.5, 0.6) is 0 Å². The number of benzene rings is 1. The summed E-state index contributed by atoms with van der Waals surface area (Å²) in [6.07, 6.45) is -0.128. The molecule has 0 saturated heterocycles. The van der Waals surface area contributed by atoms with Crippen molar-refractivity contribution >= 4 is 23.2 Å². The van der Waals surface area contributed by atoms with Crippen molar-refractivity contribution < 1.29 is 13.6 Å². The van der Waals surface area contributed by atoms with Crippen molar-refractivity contribution in [3.05, 3.63) is 28.8 Å². The first-order valence-corrected chi connectivity index (χ1v) is 6.30. The van der Waals surface area contributed by atoms with E-state index in [0.717, 1.165) is 5.56 Å². The van der Waals surface area contributed by atoms with Crippen LogP contribution in [-0.4, -0.2) is 11.8 Å². The topological polar surface area (TPSA) is 29.1 Å². The number of rotatable bonds is 0. The number of amides is 1. The predicted octanol–water partition coefficient (Wildman–Crippen LogP) is 3.74. The third-order valence-electron chi connectivity index (χ3n) is 4.02. The van der Waals surface area contributed by atoms with Crippen LogP contribution in [0.4, 0.5) is 14.5 Å². The van der Waals surface area contributed by atoms with Crippen molar-refractivity contribution in [1.82, 2.24) is 0 Å². The summed E-state index contributed by atoms with van der Waals surface area (Å²) in [7, 11) is 0. The molecule has 0 unspecified atom stereocenters. The molecule has 2 nitrogen and oxygen atoms in total.